The van der Waals surface area contributed by atoms with Crippen LogP contribution in [0.3, 0.4) is 0 Å². The van der Waals surface area contributed by atoms with Crippen LogP contribution in [0, 0.1) is 0 Å². The molecule has 3 rings (SSSR count). The van der Waals surface area contributed by atoms with E-state index >= 15 is 0 Å². The van der Waals surface area contributed by atoms with Crippen molar-refractivity contribution in [1.29, 1.82) is 0 Å². The van der Waals surface area contributed by atoms with Crippen molar-refractivity contribution in [2.24, 2.45) is 0 Å². The van der Waals surface area contributed by atoms with Gasteiger partial charge in [-0.2, -0.15) is 11.3 Å². The molecular weight excluding hydrogens is 348 g/mol. The molecule has 0 aliphatic carbocycles. The Labute approximate surface area is 156 Å². The Bertz CT molecular complexity index is 814. The van der Waals surface area contributed by atoms with Crippen molar-refractivity contribution < 1.29 is 4.79 Å². The van der Waals surface area contributed by atoms with Crippen LogP contribution in [0.4, 0.5) is 0 Å². The van der Waals surface area contributed by atoms with Crippen molar-refractivity contribution in [3.05, 3.63) is 70.5 Å². The first-order valence-corrected chi connectivity index (χ1v) is 10.3. The predicted molar refractivity (Wildman–Crippen MR) is 106 cm³/mol. The molecule has 2 heterocycles. The van der Waals surface area contributed by atoms with E-state index in [1.807, 2.05) is 17.5 Å². The second kappa shape index (κ2) is 8.83. The third-order valence-corrected chi connectivity index (χ3v) is 5.36. The zero-order valence-electron chi connectivity index (χ0n) is 14.1. The molecule has 0 saturated heterocycles. The Morgan fingerprint density at radius 1 is 1.16 bits per heavy atom. The maximum atomic E-state index is 12.1. The molecule has 0 atom stereocenters. The van der Waals surface area contributed by atoms with Gasteiger partial charge in [0.25, 0.3) is 0 Å². The van der Waals surface area contributed by atoms with Gasteiger partial charge in [0.05, 0.1) is 5.69 Å². The highest BCUT2D eigenvalue weighted by molar-refractivity contribution is 7.98. The second-order valence-corrected chi connectivity index (χ2v) is 7.35. The summed E-state index contributed by atoms with van der Waals surface area (Å²) in [6, 6.07) is 14.4. The average molecular weight is 369 g/mol. The van der Waals surface area contributed by atoms with Crippen molar-refractivity contribution >= 4 is 29.0 Å². The van der Waals surface area contributed by atoms with Gasteiger partial charge in [0.2, 0.25) is 5.91 Å². The smallest absolute Gasteiger partial charge is 0.220 e. The third kappa shape index (κ3) is 5.18. The van der Waals surface area contributed by atoms with E-state index in [1.165, 1.54) is 10.5 Å². The Morgan fingerprint density at radius 3 is 2.72 bits per heavy atom. The molecule has 1 N–H and O–H groups in total. The van der Waals surface area contributed by atoms with Crippen molar-refractivity contribution in [3.8, 4) is 11.3 Å². The number of nitrogens with one attached hydrogen (secondary N) is 1. The van der Waals surface area contributed by atoms with E-state index in [2.05, 4.69) is 52.3 Å². The maximum Gasteiger partial charge on any atom is 0.220 e. The van der Waals surface area contributed by atoms with Crippen LogP contribution >= 0.6 is 23.1 Å². The number of rotatable bonds is 7. The van der Waals surface area contributed by atoms with Crippen LogP contribution in [0.15, 0.2) is 64.3 Å². The molecule has 2 aromatic heterocycles. The molecule has 0 bridgehead atoms. The molecule has 0 spiro atoms. The van der Waals surface area contributed by atoms with E-state index in [0.29, 0.717) is 13.0 Å². The van der Waals surface area contributed by atoms with E-state index in [4.69, 9.17) is 0 Å². The fourth-order valence-electron chi connectivity index (χ4n) is 2.49. The average Bonchev–Trinajstić information content (AvgIpc) is 3.20. The summed E-state index contributed by atoms with van der Waals surface area (Å²) in [6.45, 7) is 0.532. The van der Waals surface area contributed by atoms with Crippen LogP contribution < -0.4 is 5.32 Å². The zero-order valence-corrected chi connectivity index (χ0v) is 15.7. The lowest BCUT2D eigenvalue weighted by atomic mass is 10.1. The molecule has 0 fully saturated rings. The van der Waals surface area contributed by atoms with Crippen molar-refractivity contribution in [1.82, 2.24) is 10.3 Å². The highest BCUT2D eigenvalue weighted by Crippen LogP contribution is 2.20. The normalized spacial score (nSPS) is 10.6. The van der Waals surface area contributed by atoms with Gasteiger partial charge in [-0.15, -0.1) is 11.8 Å². The van der Waals surface area contributed by atoms with E-state index in [1.54, 1.807) is 29.3 Å². The Morgan fingerprint density at radius 2 is 2.00 bits per heavy atom. The molecule has 5 heteroatoms. The summed E-state index contributed by atoms with van der Waals surface area (Å²) < 4.78 is 0. The van der Waals surface area contributed by atoms with Crippen molar-refractivity contribution in [2.75, 3.05) is 6.26 Å². The largest absolute Gasteiger partial charge is 0.352 e. The van der Waals surface area contributed by atoms with Crippen molar-refractivity contribution in [3.63, 3.8) is 0 Å². The van der Waals surface area contributed by atoms with Gasteiger partial charge in [0.1, 0.15) is 0 Å². The lowest BCUT2D eigenvalue weighted by Crippen LogP contribution is -2.23. The lowest BCUT2D eigenvalue weighted by Gasteiger charge is -2.07. The minimum Gasteiger partial charge on any atom is -0.352 e. The SMILES string of the molecule is CSc1ccc(CCC(=O)NCc2ccnc(-c3ccsc3)c2)cc1. The molecule has 25 heavy (non-hydrogen) atoms. The van der Waals surface area contributed by atoms with Gasteiger partial charge in [0.15, 0.2) is 0 Å². The fraction of sp³-hybridized carbons (Fsp3) is 0.200. The molecule has 0 aliphatic rings. The van der Waals surface area contributed by atoms with Crippen molar-refractivity contribution in [2.45, 2.75) is 24.3 Å². The van der Waals surface area contributed by atoms with Crippen LogP contribution in [-0.2, 0) is 17.8 Å². The molecular formula is C20H20N2OS2. The van der Waals surface area contributed by atoms with Gasteiger partial charge in [-0.1, -0.05) is 12.1 Å². The standard InChI is InChI=1S/C20H20N2OS2/c1-24-18-5-2-15(3-6-18)4-7-20(23)22-13-16-8-10-21-19(12-16)17-9-11-25-14-17/h2-3,5-6,8-12,14H,4,7,13H2,1H3,(H,22,23). The molecule has 0 aliphatic heterocycles. The zero-order chi connectivity index (χ0) is 17.5. The topological polar surface area (TPSA) is 42.0 Å². The number of thioether (sulfide) groups is 1. The number of aryl methyl sites for hydroxylation is 1. The van der Waals surface area contributed by atoms with Gasteiger partial charge in [-0.3, -0.25) is 9.78 Å². The Kier molecular flexibility index (Phi) is 6.25. The molecule has 1 aromatic carbocycles. The summed E-state index contributed by atoms with van der Waals surface area (Å²) in [7, 11) is 0. The van der Waals surface area contributed by atoms with Gasteiger partial charge >= 0.3 is 0 Å². The second-order valence-electron chi connectivity index (χ2n) is 5.69. The molecule has 1 amide bonds. The molecule has 0 radical (unpaired) electrons. The summed E-state index contributed by atoms with van der Waals surface area (Å²) in [4.78, 5) is 17.7. The van der Waals surface area contributed by atoms with Crippen LogP contribution in [-0.4, -0.2) is 17.1 Å². The summed E-state index contributed by atoms with van der Waals surface area (Å²) >= 11 is 3.38. The third-order valence-electron chi connectivity index (χ3n) is 3.93. The van der Waals surface area contributed by atoms with Crippen LogP contribution in [0.25, 0.3) is 11.3 Å². The van der Waals surface area contributed by atoms with E-state index in [-0.39, 0.29) is 5.91 Å². The number of hydrogen-bond donors (Lipinski definition) is 1. The lowest BCUT2D eigenvalue weighted by molar-refractivity contribution is -0.121. The number of benzene rings is 1. The number of amides is 1. The molecule has 0 saturated carbocycles. The monoisotopic (exact) mass is 368 g/mol. The predicted octanol–water partition coefficient (Wildman–Crippen LogP) is 4.78. The van der Waals surface area contributed by atoms with Crippen LogP contribution in [0.2, 0.25) is 0 Å². The summed E-state index contributed by atoms with van der Waals surface area (Å²) in [6.07, 6.45) is 5.12. The van der Waals surface area contributed by atoms with Crippen LogP contribution in [0.1, 0.15) is 17.5 Å². The Hall–Kier alpha value is -2.11. The first-order valence-electron chi connectivity index (χ1n) is 8.12. The number of nitrogens with zero attached hydrogens (tertiary/aromatic N) is 1. The number of hydrogen-bond acceptors (Lipinski definition) is 4. The summed E-state index contributed by atoms with van der Waals surface area (Å²) in [5, 5.41) is 7.11. The van der Waals surface area contributed by atoms with Gasteiger partial charge in [-0.05, 0) is 59.5 Å². The van der Waals surface area contributed by atoms with Gasteiger partial charge in [-0.25, -0.2) is 0 Å². The maximum absolute atomic E-state index is 12.1. The van der Waals surface area contributed by atoms with E-state index < -0.39 is 0 Å². The van der Waals surface area contributed by atoms with Crippen LogP contribution in [0.5, 0.6) is 0 Å². The molecule has 3 nitrogen and oxygen atoms in total. The fourth-order valence-corrected chi connectivity index (χ4v) is 3.55. The van der Waals surface area contributed by atoms with Gasteiger partial charge in [0, 0.05) is 35.0 Å². The first kappa shape index (κ1) is 17.7. The minimum absolute atomic E-state index is 0.0721. The van der Waals surface area contributed by atoms with Gasteiger partial charge < -0.3 is 5.32 Å². The number of carbonyl (C=O) groups excluding carboxylic acids is 1. The first-order chi connectivity index (χ1) is 12.2. The number of carbonyl (C=O) groups is 1. The number of thiophene rings is 1. The Balaban J connectivity index is 1.49. The highest BCUT2D eigenvalue weighted by Gasteiger charge is 2.05. The summed E-state index contributed by atoms with van der Waals surface area (Å²) in [5.74, 6) is 0.0721. The van der Waals surface area contributed by atoms with E-state index in [0.717, 1.165) is 23.2 Å². The summed E-state index contributed by atoms with van der Waals surface area (Å²) in [5.41, 5.74) is 4.32. The number of pyridine rings is 1. The highest BCUT2D eigenvalue weighted by atomic mass is 32.2. The molecule has 128 valence electrons. The molecule has 3 aromatic rings. The molecule has 0 unspecified atom stereocenters. The quantitative estimate of drug-likeness (QED) is 0.610. The number of aromatic nitrogens is 1. The van der Waals surface area contributed by atoms with E-state index in [9.17, 15) is 4.79 Å². The minimum atomic E-state index is 0.0721.